The molecular weight excluding hydrogens is 382 g/mol. The lowest BCUT2D eigenvalue weighted by Crippen LogP contribution is -2.44. The van der Waals surface area contributed by atoms with Crippen LogP contribution < -0.4 is 5.11 Å². The molecular formula is C20H37NO8. The van der Waals surface area contributed by atoms with Crippen LogP contribution in [0.15, 0.2) is 12.0 Å². The summed E-state index contributed by atoms with van der Waals surface area (Å²) in [5.74, 6) is -1.82. The lowest BCUT2D eigenvalue weighted by Gasteiger charge is -2.31. The van der Waals surface area contributed by atoms with Crippen molar-refractivity contribution in [1.82, 2.24) is 0 Å². The van der Waals surface area contributed by atoms with Crippen LogP contribution in [-0.4, -0.2) is 86.9 Å². The number of carbonyl (C=O) groups is 2. The maximum Gasteiger partial charge on any atom is 0.312 e. The lowest BCUT2D eigenvalue weighted by atomic mass is 9.79. The molecule has 0 heterocycles. The molecule has 29 heavy (non-hydrogen) atoms. The van der Waals surface area contributed by atoms with E-state index in [-0.39, 0.29) is 45.4 Å². The summed E-state index contributed by atoms with van der Waals surface area (Å²) >= 11 is 0. The van der Waals surface area contributed by atoms with Crippen LogP contribution in [0.3, 0.4) is 0 Å². The van der Waals surface area contributed by atoms with Gasteiger partial charge in [-0.3, -0.25) is 9.59 Å². The summed E-state index contributed by atoms with van der Waals surface area (Å²) in [5, 5.41) is 28.9. The normalized spacial score (nSPS) is 15.3. The van der Waals surface area contributed by atoms with E-state index in [1.54, 1.807) is 13.8 Å². The number of aliphatic hydroxyl groups excluding tert-OH is 2. The molecule has 0 amide bonds. The Bertz CT molecular complexity index is 535. The lowest BCUT2D eigenvalue weighted by molar-refractivity contribution is -0.884. The van der Waals surface area contributed by atoms with E-state index in [4.69, 9.17) is 24.4 Å². The number of quaternary nitrogens is 1. The first-order valence-electron chi connectivity index (χ1n) is 9.89. The van der Waals surface area contributed by atoms with E-state index in [1.807, 2.05) is 21.0 Å². The fraction of sp³-hybridized carbons (Fsp3) is 0.800. The molecule has 0 bridgehead atoms. The van der Waals surface area contributed by atoms with Crippen LogP contribution in [0.5, 0.6) is 0 Å². The highest BCUT2D eigenvalue weighted by Crippen LogP contribution is 2.32. The van der Waals surface area contributed by atoms with Crippen molar-refractivity contribution in [1.29, 1.82) is 0 Å². The Hall–Kier alpha value is -1.84. The Balaban J connectivity index is 4.61. The van der Waals surface area contributed by atoms with Crippen LogP contribution in [0, 0.1) is 11.3 Å². The third-order valence-corrected chi connectivity index (χ3v) is 4.79. The van der Waals surface area contributed by atoms with Gasteiger partial charge in [0.1, 0.15) is 19.8 Å². The van der Waals surface area contributed by atoms with E-state index in [0.29, 0.717) is 24.0 Å². The Labute approximate surface area is 173 Å². The van der Waals surface area contributed by atoms with Crippen LogP contribution >= 0.6 is 0 Å². The zero-order valence-electron chi connectivity index (χ0n) is 18.3. The monoisotopic (exact) mass is 419 g/mol. The van der Waals surface area contributed by atoms with Crippen molar-refractivity contribution < 1.29 is 43.6 Å². The molecule has 0 radical (unpaired) electrons. The molecule has 9 nitrogen and oxygen atoms in total. The van der Waals surface area contributed by atoms with Crippen molar-refractivity contribution in [3.8, 4) is 0 Å². The Morgan fingerprint density at radius 1 is 1.10 bits per heavy atom. The topological polar surface area (TPSA) is 125 Å². The molecule has 2 atom stereocenters. The number of hydrogen-bond acceptors (Lipinski definition) is 8. The van der Waals surface area contributed by atoms with Crippen molar-refractivity contribution in [2.75, 3.05) is 60.2 Å². The number of hydrogen-bond donors (Lipinski definition) is 2. The van der Waals surface area contributed by atoms with Crippen LogP contribution in [0.2, 0.25) is 0 Å². The fourth-order valence-corrected chi connectivity index (χ4v) is 2.60. The zero-order valence-corrected chi connectivity index (χ0v) is 18.3. The Morgan fingerprint density at radius 2 is 1.69 bits per heavy atom. The van der Waals surface area contributed by atoms with Gasteiger partial charge in [-0.2, -0.15) is 0 Å². The van der Waals surface area contributed by atoms with Gasteiger partial charge in [-0.1, -0.05) is 13.8 Å². The van der Waals surface area contributed by atoms with E-state index < -0.39 is 23.2 Å². The third kappa shape index (κ3) is 11.1. The van der Waals surface area contributed by atoms with E-state index in [9.17, 15) is 14.7 Å². The van der Waals surface area contributed by atoms with E-state index in [1.165, 1.54) is 6.08 Å². The predicted octanol–water partition coefficient (Wildman–Crippen LogP) is -0.205. The highest BCUT2D eigenvalue weighted by Gasteiger charge is 2.37. The van der Waals surface area contributed by atoms with Crippen molar-refractivity contribution in [3.63, 3.8) is 0 Å². The summed E-state index contributed by atoms with van der Waals surface area (Å²) in [7, 11) is 3.78. The molecule has 0 saturated carbocycles. The highest BCUT2D eigenvalue weighted by molar-refractivity contribution is 5.78. The van der Waals surface area contributed by atoms with Gasteiger partial charge in [0.25, 0.3) is 0 Å². The number of esters is 2. The first-order valence-corrected chi connectivity index (χ1v) is 9.89. The van der Waals surface area contributed by atoms with E-state index in [0.717, 1.165) is 0 Å². The van der Waals surface area contributed by atoms with Crippen molar-refractivity contribution >= 4 is 11.9 Å². The second-order valence-electron chi connectivity index (χ2n) is 7.98. The Kier molecular flexibility index (Phi) is 12.5. The standard InChI is InChI=1S/C20H37NO8/c1-6-20(3,15-16(2)18(25)28-14-11-23)19(26)29-12-9-21(4,5)8-7-17(24)27-13-10-22/h7,16,22-23H,6,8-15H2,1-5H3/b17-7+. The summed E-state index contributed by atoms with van der Waals surface area (Å²) in [6, 6.07) is 0. The molecule has 0 aromatic heterocycles. The average Bonchev–Trinajstić information content (AvgIpc) is 2.68. The second-order valence-corrected chi connectivity index (χ2v) is 7.98. The summed E-state index contributed by atoms with van der Waals surface area (Å²) in [6.07, 6.45) is 2.19. The summed E-state index contributed by atoms with van der Waals surface area (Å²) < 4.78 is 15.6. The summed E-state index contributed by atoms with van der Waals surface area (Å²) in [6.45, 7) is 5.80. The molecule has 0 aliphatic rings. The van der Waals surface area contributed by atoms with Crippen LogP contribution in [-0.2, 0) is 23.8 Å². The van der Waals surface area contributed by atoms with Crippen molar-refractivity contribution in [2.24, 2.45) is 11.3 Å². The van der Waals surface area contributed by atoms with Gasteiger partial charge in [-0.15, -0.1) is 0 Å². The number of carbonyl (C=O) groups excluding carboxylic acids is 2. The van der Waals surface area contributed by atoms with Gasteiger partial charge in [0.2, 0.25) is 0 Å². The van der Waals surface area contributed by atoms with E-state index in [2.05, 4.69) is 0 Å². The van der Waals surface area contributed by atoms with Gasteiger partial charge in [0.15, 0.2) is 0 Å². The third-order valence-electron chi connectivity index (χ3n) is 4.79. The second kappa shape index (κ2) is 13.4. The smallest absolute Gasteiger partial charge is 0.312 e. The summed E-state index contributed by atoms with van der Waals surface area (Å²) in [5.41, 5.74) is -0.824. The molecule has 2 unspecified atom stereocenters. The first-order chi connectivity index (χ1) is 13.5. The molecule has 0 saturated heterocycles. The predicted molar refractivity (Wildman–Crippen MR) is 104 cm³/mol. The number of ether oxygens (including phenoxy) is 3. The number of rotatable bonds is 15. The number of nitrogens with zero attached hydrogens (tertiary/aromatic N) is 1. The van der Waals surface area contributed by atoms with Crippen LogP contribution in [0.4, 0.5) is 0 Å². The van der Waals surface area contributed by atoms with Crippen LogP contribution in [0.25, 0.3) is 0 Å². The molecule has 0 aromatic carbocycles. The van der Waals surface area contributed by atoms with Gasteiger partial charge in [-0.05, 0) is 25.8 Å². The molecule has 0 aliphatic heterocycles. The maximum absolute atomic E-state index is 12.6. The van der Waals surface area contributed by atoms with Gasteiger partial charge >= 0.3 is 11.9 Å². The molecule has 9 heteroatoms. The number of likely N-dealkylation sites (N-methyl/N-ethyl adjacent to an activating group) is 1. The van der Waals surface area contributed by atoms with Crippen molar-refractivity contribution in [3.05, 3.63) is 12.0 Å². The Morgan fingerprint density at radius 3 is 2.24 bits per heavy atom. The average molecular weight is 420 g/mol. The van der Waals surface area contributed by atoms with Gasteiger partial charge in [0.05, 0.1) is 51.1 Å². The first kappa shape index (κ1) is 27.2. The van der Waals surface area contributed by atoms with Gasteiger partial charge < -0.3 is 34.0 Å². The van der Waals surface area contributed by atoms with Gasteiger partial charge in [0, 0.05) is 6.61 Å². The quantitative estimate of drug-likeness (QED) is 0.212. The minimum absolute atomic E-state index is 0.0397. The number of aliphatic hydroxyl groups is 2. The fourth-order valence-electron chi connectivity index (χ4n) is 2.60. The summed E-state index contributed by atoms with van der Waals surface area (Å²) in [4.78, 5) is 24.5. The molecule has 0 rings (SSSR count). The van der Waals surface area contributed by atoms with Crippen molar-refractivity contribution in [2.45, 2.75) is 33.6 Å². The molecule has 170 valence electrons. The van der Waals surface area contributed by atoms with Crippen LogP contribution in [0.1, 0.15) is 33.6 Å². The molecule has 0 spiro atoms. The minimum atomic E-state index is -0.824. The SMILES string of the molecule is CCC(C)(CC(C)C(=O)OCCO)C(=O)OCC[N+](C)(C)C/C=C(\[O-])OCCO. The highest BCUT2D eigenvalue weighted by atomic mass is 16.6. The van der Waals surface area contributed by atoms with Gasteiger partial charge in [-0.25, -0.2) is 0 Å². The largest absolute Gasteiger partial charge is 0.611 e. The molecule has 2 N–H and O–H groups in total. The molecule has 0 aromatic rings. The molecule has 0 aliphatic carbocycles. The van der Waals surface area contributed by atoms with E-state index >= 15 is 0 Å². The zero-order chi connectivity index (χ0) is 22.5. The molecule has 0 fully saturated rings. The maximum atomic E-state index is 12.6. The minimum Gasteiger partial charge on any atom is -0.611 e.